The molecule has 0 amide bonds. The lowest BCUT2D eigenvalue weighted by atomic mass is 9.62. The number of nitriles is 1. The van der Waals surface area contributed by atoms with E-state index in [2.05, 4.69) is 104 Å². The van der Waals surface area contributed by atoms with Gasteiger partial charge in [-0.05, 0) is 84.3 Å². The molecule has 250 valence electrons. The molecule has 4 heteroatoms. The molecule has 0 saturated carbocycles. The maximum absolute atomic E-state index is 9.58. The van der Waals surface area contributed by atoms with Crippen molar-refractivity contribution in [3.8, 4) is 6.07 Å². The number of nitrogens with one attached hydrogen (secondary N) is 1. The molecule has 2 aliphatic carbocycles. The average Bonchev–Trinajstić information content (AvgIpc) is 3.21. The van der Waals surface area contributed by atoms with Crippen molar-refractivity contribution < 1.29 is 0 Å². The zero-order valence-corrected chi connectivity index (χ0v) is 32.1. The van der Waals surface area contributed by atoms with E-state index in [0.717, 1.165) is 76.5 Å². The van der Waals surface area contributed by atoms with Gasteiger partial charge in [0.05, 0.1) is 17.5 Å². The van der Waals surface area contributed by atoms with Crippen molar-refractivity contribution in [3.05, 3.63) is 87.7 Å². The fourth-order valence-corrected chi connectivity index (χ4v) is 5.74. The van der Waals surface area contributed by atoms with Gasteiger partial charge in [-0.3, -0.25) is 4.99 Å². The van der Waals surface area contributed by atoms with E-state index < -0.39 is 0 Å². The Morgan fingerprint density at radius 1 is 1.00 bits per heavy atom. The van der Waals surface area contributed by atoms with Crippen LogP contribution in [0.5, 0.6) is 0 Å². The zero-order chi connectivity index (χ0) is 35.0. The van der Waals surface area contributed by atoms with Crippen LogP contribution in [0.1, 0.15) is 152 Å². The van der Waals surface area contributed by atoms with Gasteiger partial charge >= 0.3 is 0 Å². The number of fused-ring (bicyclic) bond motifs is 2. The van der Waals surface area contributed by atoms with Crippen LogP contribution in [-0.4, -0.2) is 5.71 Å². The third-order valence-electron chi connectivity index (χ3n) is 8.19. The van der Waals surface area contributed by atoms with E-state index in [9.17, 15) is 5.26 Å². The summed E-state index contributed by atoms with van der Waals surface area (Å²) < 4.78 is 0. The highest BCUT2D eigenvalue weighted by Gasteiger charge is 2.39. The van der Waals surface area contributed by atoms with Gasteiger partial charge in [0.25, 0.3) is 0 Å². The predicted octanol–water partition coefficient (Wildman–Crippen LogP) is 13.2. The summed E-state index contributed by atoms with van der Waals surface area (Å²) in [6, 6.07) is 7.10. The quantitative estimate of drug-likeness (QED) is 0.186. The molecule has 4 rings (SSSR count). The minimum Gasteiger partial charge on any atom is -0.357 e. The minimum atomic E-state index is 0.00262. The van der Waals surface area contributed by atoms with E-state index in [1.165, 1.54) is 24.0 Å². The predicted molar refractivity (Wildman–Crippen MR) is 207 cm³/mol. The molecule has 0 saturated heterocycles. The molecule has 0 radical (unpaired) electrons. The summed E-state index contributed by atoms with van der Waals surface area (Å²) in [7, 11) is 0. The molecular weight excluding hydrogens is 567 g/mol. The van der Waals surface area contributed by atoms with Crippen LogP contribution in [0.25, 0.3) is 0 Å². The second kappa shape index (κ2) is 20.4. The van der Waals surface area contributed by atoms with Crippen LogP contribution in [0.4, 0.5) is 5.69 Å². The smallest absolute Gasteiger partial charge is 0.0948 e. The molecule has 1 aliphatic heterocycles. The lowest BCUT2D eigenvalue weighted by molar-refractivity contribution is 0.332. The van der Waals surface area contributed by atoms with Crippen LogP contribution in [0.2, 0.25) is 0 Å². The van der Waals surface area contributed by atoms with Crippen LogP contribution in [0, 0.1) is 17.2 Å². The van der Waals surface area contributed by atoms with Crippen molar-refractivity contribution >= 4 is 24.0 Å². The molecule has 0 aromatic heterocycles. The number of benzene rings is 1. The minimum absolute atomic E-state index is 0.00262. The van der Waals surface area contributed by atoms with Crippen LogP contribution in [0.15, 0.2) is 76.0 Å². The third-order valence-corrected chi connectivity index (χ3v) is 8.69. The highest BCUT2D eigenvalue weighted by atomic mass is 32.1. The van der Waals surface area contributed by atoms with Crippen molar-refractivity contribution in [2.75, 3.05) is 5.32 Å². The lowest BCUT2D eigenvalue weighted by Gasteiger charge is -2.42. The average molecular weight is 632 g/mol. The summed E-state index contributed by atoms with van der Waals surface area (Å²) in [5.74, 6) is 0.00262. The molecule has 1 aromatic rings. The number of allylic oxidation sites excluding steroid dienone is 6. The van der Waals surface area contributed by atoms with Crippen LogP contribution >= 0.6 is 12.6 Å². The third kappa shape index (κ3) is 10.9. The molecule has 3 aliphatic rings. The van der Waals surface area contributed by atoms with Gasteiger partial charge in [-0.15, -0.1) is 19.2 Å². The van der Waals surface area contributed by atoms with Gasteiger partial charge < -0.3 is 5.32 Å². The molecule has 3 nitrogen and oxygen atoms in total. The molecule has 1 N–H and O–H groups in total. The molecule has 1 aromatic carbocycles. The number of nitrogens with zero attached hydrogens (tertiary/aromatic N) is 2. The first-order valence-electron chi connectivity index (χ1n) is 17.5. The number of hydrogen-bond donors (Lipinski definition) is 2. The van der Waals surface area contributed by atoms with Crippen molar-refractivity contribution in [2.45, 2.75) is 146 Å². The van der Waals surface area contributed by atoms with Crippen molar-refractivity contribution in [2.24, 2.45) is 10.9 Å². The SMILES string of the molecule is C=CC(C/C=C(\S)C(=C)CC)C1=NC2=C(CCC(C#N)=C2)Nc2cc3c(cc21)C(C)(C)CCC3(C)C.CC.CC.CC.CCC. The van der Waals surface area contributed by atoms with E-state index >= 15 is 0 Å². The number of thiol groups is 1. The van der Waals surface area contributed by atoms with Gasteiger partial charge in [0.2, 0.25) is 0 Å². The Hall–Kier alpha value is -2.77. The normalized spacial score (nSPS) is 17.5. The molecule has 0 fully saturated rings. The Balaban J connectivity index is 0.00000196. The first-order chi connectivity index (χ1) is 21.4. The topological polar surface area (TPSA) is 48.2 Å². The van der Waals surface area contributed by atoms with Crippen LogP contribution in [-0.2, 0) is 10.8 Å². The Kier molecular flexibility index (Phi) is 19.1. The van der Waals surface area contributed by atoms with E-state index in [1.807, 2.05) is 53.7 Å². The highest BCUT2D eigenvalue weighted by Crippen LogP contribution is 2.48. The van der Waals surface area contributed by atoms with Crippen molar-refractivity contribution in [1.29, 1.82) is 5.26 Å². The van der Waals surface area contributed by atoms with Crippen molar-refractivity contribution in [1.82, 2.24) is 0 Å². The summed E-state index contributed by atoms with van der Waals surface area (Å²) in [5.41, 5.74) is 10.0. The number of anilines is 1. The fourth-order valence-electron chi connectivity index (χ4n) is 5.47. The fraction of sp³-hybridized carbons (Fsp3) is 0.561. The summed E-state index contributed by atoms with van der Waals surface area (Å²) >= 11 is 4.69. The van der Waals surface area contributed by atoms with Crippen LogP contribution < -0.4 is 5.32 Å². The van der Waals surface area contributed by atoms with Gasteiger partial charge in [0.1, 0.15) is 0 Å². The standard InChI is InChI=1S/C32H39N3S.C3H8.3C2H6/c1-8-20(3)29(36)13-11-22(9-2)30-23-17-24-25(32(6,7)15-14-31(24,4)5)18-27(23)34-26-12-10-21(19-33)16-28(26)35-30;1-3-2;3*1-2/h9,13,16-18,22,34,36H,2-3,8,10-12,14-15H2,1,4-7H3;3H2,1-2H3;3*1-2H3/b29-13-;;;;. The first-order valence-corrected chi connectivity index (χ1v) is 18.0. The Morgan fingerprint density at radius 2 is 1.53 bits per heavy atom. The van der Waals surface area contributed by atoms with Gasteiger partial charge in [0, 0.05) is 33.3 Å². The second-order valence-electron chi connectivity index (χ2n) is 12.3. The van der Waals surface area contributed by atoms with E-state index in [4.69, 9.17) is 4.99 Å². The summed E-state index contributed by atoms with van der Waals surface area (Å²) in [6.45, 7) is 36.1. The Morgan fingerprint density at radius 3 is 2.02 bits per heavy atom. The summed E-state index contributed by atoms with van der Waals surface area (Å²) in [4.78, 5) is 6.17. The molecule has 45 heavy (non-hydrogen) atoms. The van der Waals surface area contributed by atoms with Crippen molar-refractivity contribution in [3.63, 3.8) is 0 Å². The van der Waals surface area contributed by atoms with Gasteiger partial charge in [0.15, 0.2) is 0 Å². The lowest BCUT2D eigenvalue weighted by Crippen LogP contribution is -2.34. The Bertz CT molecular complexity index is 1290. The number of hydrogen-bond acceptors (Lipinski definition) is 4. The molecule has 1 heterocycles. The molecule has 0 bridgehead atoms. The van der Waals surface area contributed by atoms with Crippen LogP contribution in [0.3, 0.4) is 0 Å². The summed E-state index contributed by atoms with van der Waals surface area (Å²) in [5, 5.41) is 13.3. The number of aliphatic imine (C=N–C) groups is 1. The second-order valence-corrected chi connectivity index (χ2v) is 12.8. The highest BCUT2D eigenvalue weighted by molar-refractivity contribution is 7.84. The largest absolute Gasteiger partial charge is 0.357 e. The molecule has 1 atom stereocenters. The van der Waals surface area contributed by atoms with Gasteiger partial charge in [-0.1, -0.05) is 115 Å². The molecular formula is C41H65N3S. The van der Waals surface area contributed by atoms with E-state index in [-0.39, 0.29) is 16.7 Å². The molecule has 1 unspecified atom stereocenters. The maximum Gasteiger partial charge on any atom is 0.0948 e. The number of rotatable bonds is 6. The van der Waals surface area contributed by atoms with E-state index in [0.29, 0.717) is 0 Å². The maximum atomic E-state index is 9.58. The monoisotopic (exact) mass is 631 g/mol. The first kappa shape index (κ1) is 42.2. The van der Waals surface area contributed by atoms with Gasteiger partial charge in [-0.25, -0.2) is 0 Å². The van der Waals surface area contributed by atoms with E-state index in [1.54, 1.807) is 0 Å². The van der Waals surface area contributed by atoms with Gasteiger partial charge in [-0.2, -0.15) is 5.26 Å². The summed E-state index contributed by atoms with van der Waals surface area (Å²) in [6.07, 6.45) is 12.8. The zero-order valence-electron chi connectivity index (χ0n) is 31.2. The Labute approximate surface area is 284 Å². The molecule has 0 spiro atoms.